The summed E-state index contributed by atoms with van der Waals surface area (Å²) in [6.45, 7) is 1.86. The van der Waals surface area contributed by atoms with E-state index in [1.54, 1.807) is 49.6 Å². The van der Waals surface area contributed by atoms with Crippen molar-refractivity contribution in [3.63, 3.8) is 0 Å². The molecule has 3 aromatic carbocycles. The molecule has 31 heavy (non-hydrogen) atoms. The van der Waals surface area contributed by atoms with E-state index in [0.29, 0.717) is 38.3 Å². The molecule has 1 aliphatic heterocycles. The van der Waals surface area contributed by atoms with Crippen molar-refractivity contribution in [2.45, 2.75) is 12.7 Å². The number of carbonyl (C=O) groups excluding carboxylic acids is 2. The van der Waals surface area contributed by atoms with Gasteiger partial charge in [-0.05, 0) is 47.9 Å². The molecule has 1 heterocycles. The van der Waals surface area contributed by atoms with Gasteiger partial charge in [-0.1, -0.05) is 60.1 Å². The fourth-order valence-electron chi connectivity index (χ4n) is 3.43. The van der Waals surface area contributed by atoms with Crippen LogP contribution in [0, 0.1) is 6.92 Å². The number of nitrogens with zero attached hydrogens (tertiary/aromatic N) is 1. The van der Waals surface area contributed by atoms with Crippen LogP contribution < -0.4 is 9.64 Å². The van der Waals surface area contributed by atoms with Crippen LogP contribution >= 0.6 is 23.4 Å². The number of carbonyl (C=O) groups is 2. The first-order chi connectivity index (χ1) is 15.0. The molecule has 0 unspecified atom stereocenters. The van der Waals surface area contributed by atoms with Crippen LogP contribution in [0.4, 0.5) is 5.69 Å². The van der Waals surface area contributed by atoms with Gasteiger partial charge in [-0.25, -0.2) is 4.90 Å². The van der Waals surface area contributed by atoms with Crippen LogP contribution in [0.25, 0.3) is 5.57 Å². The minimum Gasteiger partial charge on any atom is -0.497 e. The van der Waals surface area contributed by atoms with Crippen LogP contribution in [-0.4, -0.2) is 18.9 Å². The van der Waals surface area contributed by atoms with Gasteiger partial charge in [-0.2, -0.15) is 0 Å². The highest BCUT2D eigenvalue weighted by atomic mass is 35.5. The third-order valence-corrected chi connectivity index (χ3v) is 6.44. The number of amides is 2. The van der Waals surface area contributed by atoms with Crippen molar-refractivity contribution in [2.75, 3.05) is 12.0 Å². The lowest BCUT2D eigenvalue weighted by molar-refractivity contribution is -0.119. The Bertz CT molecular complexity index is 1170. The molecule has 1 aliphatic rings. The molecule has 156 valence electrons. The molecule has 0 N–H and O–H groups in total. The lowest BCUT2D eigenvalue weighted by Crippen LogP contribution is -2.32. The number of methoxy groups -OCH3 is 1. The minimum atomic E-state index is -0.351. The second-order valence-electron chi connectivity index (χ2n) is 7.08. The van der Waals surface area contributed by atoms with Crippen LogP contribution in [0.1, 0.15) is 16.7 Å². The largest absolute Gasteiger partial charge is 0.497 e. The zero-order valence-electron chi connectivity index (χ0n) is 17.1. The zero-order chi connectivity index (χ0) is 22.0. The molecule has 4 rings (SSSR count). The van der Waals surface area contributed by atoms with E-state index in [9.17, 15) is 9.59 Å². The highest BCUT2D eigenvalue weighted by Gasteiger charge is 2.40. The second kappa shape index (κ2) is 9.00. The van der Waals surface area contributed by atoms with Gasteiger partial charge < -0.3 is 4.74 Å². The summed E-state index contributed by atoms with van der Waals surface area (Å²) >= 11 is 7.55. The van der Waals surface area contributed by atoms with Crippen LogP contribution in [0.5, 0.6) is 5.75 Å². The molecule has 0 bridgehead atoms. The van der Waals surface area contributed by atoms with Crippen molar-refractivity contribution in [1.29, 1.82) is 0 Å². The summed E-state index contributed by atoms with van der Waals surface area (Å²) in [6.07, 6.45) is 0. The van der Waals surface area contributed by atoms with E-state index < -0.39 is 0 Å². The maximum Gasteiger partial charge on any atom is 0.272 e. The minimum absolute atomic E-state index is 0.331. The number of hydrogen-bond donors (Lipinski definition) is 0. The van der Waals surface area contributed by atoms with E-state index in [0.717, 1.165) is 11.1 Å². The quantitative estimate of drug-likeness (QED) is 0.441. The van der Waals surface area contributed by atoms with Gasteiger partial charge in [-0.15, -0.1) is 11.8 Å². The highest BCUT2D eigenvalue weighted by molar-refractivity contribution is 8.03. The Labute approximate surface area is 190 Å². The highest BCUT2D eigenvalue weighted by Crippen LogP contribution is 2.41. The average Bonchev–Trinajstić information content (AvgIpc) is 3.04. The molecule has 0 aromatic heterocycles. The van der Waals surface area contributed by atoms with Crippen molar-refractivity contribution in [2.24, 2.45) is 0 Å². The summed E-state index contributed by atoms with van der Waals surface area (Å²) in [5.74, 6) is 0.581. The molecule has 2 amide bonds. The molecule has 0 atom stereocenters. The molecule has 6 heteroatoms. The number of benzene rings is 3. The maximum atomic E-state index is 13.5. The second-order valence-corrected chi connectivity index (χ2v) is 8.51. The van der Waals surface area contributed by atoms with E-state index in [2.05, 4.69) is 0 Å². The van der Waals surface area contributed by atoms with E-state index in [4.69, 9.17) is 16.3 Å². The van der Waals surface area contributed by atoms with Gasteiger partial charge in [0, 0.05) is 10.8 Å². The summed E-state index contributed by atoms with van der Waals surface area (Å²) in [6, 6.07) is 22.2. The van der Waals surface area contributed by atoms with Crippen molar-refractivity contribution in [3.05, 3.63) is 99.4 Å². The number of hydrogen-bond acceptors (Lipinski definition) is 4. The lowest BCUT2D eigenvalue weighted by atomic mass is 10.1. The summed E-state index contributed by atoms with van der Waals surface area (Å²) in [4.78, 5) is 28.6. The van der Waals surface area contributed by atoms with Gasteiger partial charge in [0.1, 0.15) is 5.75 Å². The smallest absolute Gasteiger partial charge is 0.272 e. The summed E-state index contributed by atoms with van der Waals surface area (Å²) in [5.41, 5.74) is 3.45. The lowest BCUT2D eigenvalue weighted by Gasteiger charge is -2.18. The van der Waals surface area contributed by atoms with Crippen LogP contribution in [0.3, 0.4) is 0 Å². The predicted molar refractivity (Wildman–Crippen MR) is 126 cm³/mol. The number of thioether (sulfide) groups is 1. The third-order valence-electron chi connectivity index (χ3n) is 5.06. The number of halogens is 1. The maximum absolute atomic E-state index is 13.5. The molecular formula is C25H20ClNO3S. The molecule has 0 radical (unpaired) electrons. The molecule has 3 aromatic rings. The standard InChI is InChI=1S/C25H20ClNO3S/c1-16-8-11-19(26)14-21(16)27-24(28)22(18-9-12-20(30-2)13-10-18)23(25(27)29)31-15-17-6-4-3-5-7-17/h3-14H,15H2,1-2H3. The van der Waals surface area contributed by atoms with Crippen LogP contribution in [0.2, 0.25) is 5.02 Å². The van der Waals surface area contributed by atoms with Gasteiger partial charge in [-0.3, -0.25) is 9.59 Å². The molecular weight excluding hydrogens is 430 g/mol. The van der Waals surface area contributed by atoms with Crippen molar-refractivity contribution in [1.82, 2.24) is 0 Å². The molecule has 0 fully saturated rings. The van der Waals surface area contributed by atoms with Crippen molar-refractivity contribution in [3.8, 4) is 5.75 Å². The number of rotatable bonds is 6. The summed E-state index contributed by atoms with van der Waals surface area (Å²) in [5, 5.41) is 0.470. The number of anilines is 1. The molecule has 0 saturated heterocycles. The number of aryl methyl sites for hydroxylation is 1. The molecule has 0 saturated carbocycles. The van der Waals surface area contributed by atoms with Crippen molar-refractivity contribution < 1.29 is 14.3 Å². The van der Waals surface area contributed by atoms with E-state index >= 15 is 0 Å². The zero-order valence-corrected chi connectivity index (χ0v) is 18.7. The first kappa shape index (κ1) is 21.2. The topological polar surface area (TPSA) is 46.6 Å². The monoisotopic (exact) mass is 449 g/mol. The Balaban J connectivity index is 1.77. The third kappa shape index (κ3) is 4.24. The number of imide groups is 1. The first-order valence-corrected chi connectivity index (χ1v) is 11.1. The van der Waals surface area contributed by atoms with Crippen LogP contribution in [-0.2, 0) is 15.3 Å². The molecule has 0 spiro atoms. The van der Waals surface area contributed by atoms with E-state index in [-0.39, 0.29) is 11.8 Å². The van der Waals surface area contributed by atoms with Crippen LogP contribution in [0.15, 0.2) is 77.7 Å². The Morgan fingerprint density at radius 1 is 0.935 bits per heavy atom. The Morgan fingerprint density at radius 3 is 2.32 bits per heavy atom. The van der Waals surface area contributed by atoms with Gasteiger partial charge in [0.05, 0.1) is 23.3 Å². The first-order valence-electron chi connectivity index (χ1n) is 9.70. The predicted octanol–water partition coefficient (Wildman–Crippen LogP) is 5.87. The Kier molecular flexibility index (Phi) is 6.16. The van der Waals surface area contributed by atoms with Gasteiger partial charge in [0.15, 0.2) is 0 Å². The summed E-state index contributed by atoms with van der Waals surface area (Å²) < 4.78 is 5.23. The van der Waals surface area contributed by atoms with Crippen molar-refractivity contribution >= 4 is 46.4 Å². The Morgan fingerprint density at radius 2 is 1.65 bits per heavy atom. The summed E-state index contributed by atoms with van der Waals surface area (Å²) in [7, 11) is 1.59. The van der Waals surface area contributed by atoms with E-state index in [1.165, 1.54) is 16.7 Å². The normalized spacial score (nSPS) is 13.8. The van der Waals surface area contributed by atoms with Gasteiger partial charge >= 0.3 is 0 Å². The Hall–Kier alpha value is -3.02. The average molecular weight is 450 g/mol. The van der Waals surface area contributed by atoms with Gasteiger partial charge in [0.2, 0.25) is 0 Å². The fraction of sp³-hybridized carbons (Fsp3) is 0.120. The van der Waals surface area contributed by atoms with E-state index in [1.807, 2.05) is 37.3 Å². The van der Waals surface area contributed by atoms with Gasteiger partial charge in [0.25, 0.3) is 11.8 Å². The SMILES string of the molecule is COc1ccc(C2=C(SCc3ccccc3)C(=O)N(c3cc(Cl)ccc3C)C2=O)cc1. The molecule has 0 aliphatic carbocycles. The number of ether oxygens (including phenoxy) is 1. The molecule has 4 nitrogen and oxygen atoms in total. The fourth-order valence-corrected chi connectivity index (χ4v) is 4.66.